The number of halogens is 2. The summed E-state index contributed by atoms with van der Waals surface area (Å²) in [7, 11) is 2.11. The lowest BCUT2D eigenvalue weighted by Gasteiger charge is -2.58. The lowest BCUT2D eigenvalue weighted by molar-refractivity contribution is -0.148. The standard InChI is InChI=1S/C26H31Cl2N7O.C5H11NO/c1-4-17(36)33-12-26(13-33)10-14(11-26)35-23-20(24(32-35)34-8-6-5-7-25(34,2)3)19-18(22(30)31-23)16(29)9-15(27)21(19)28;1-6-2-4-7-5-3-6/h4,9,14H,1,5-8,10-13,29H2,2-3H3,(H2,30,31);2-5H2,1H3. The summed E-state index contributed by atoms with van der Waals surface area (Å²) >= 11 is 13.3. The average molecular weight is 630 g/mol. The predicted molar refractivity (Wildman–Crippen MR) is 175 cm³/mol. The summed E-state index contributed by atoms with van der Waals surface area (Å²) in [5.41, 5.74) is 14.1. The highest BCUT2D eigenvalue weighted by atomic mass is 35.5. The number of likely N-dealkylation sites (N-methyl/N-ethyl adjacent to an activating group) is 1. The highest BCUT2D eigenvalue weighted by molar-refractivity contribution is 6.48. The summed E-state index contributed by atoms with van der Waals surface area (Å²) in [5.74, 6) is 1.17. The number of piperidine rings is 1. The van der Waals surface area contributed by atoms with Crippen molar-refractivity contribution in [2.75, 3.05) is 69.4 Å². The van der Waals surface area contributed by atoms with Gasteiger partial charge in [-0.1, -0.05) is 29.8 Å². The molecule has 4 fully saturated rings. The van der Waals surface area contributed by atoms with Crippen molar-refractivity contribution in [3.05, 3.63) is 28.8 Å². The van der Waals surface area contributed by atoms with E-state index in [1.165, 1.54) is 12.5 Å². The molecule has 3 saturated heterocycles. The van der Waals surface area contributed by atoms with Gasteiger partial charge in [0, 0.05) is 60.1 Å². The second-order valence-corrected chi connectivity index (χ2v) is 14.1. The molecule has 1 aromatic carbocycles. The number of hydrogen-bond acceptors (Lipinski definition) is 8. The maximum atomic E-state index is 12.0. The maximum absolute atomic E-state index is 12.0. The zero-order valence-corrected chi connectivity index (χ0v) is 26.8. The van der Waals surface area contributed by atoms with Gasteiger partial charge in [0.2, 0.25) is 5.91 Å². The Bertz CT molecular complexity index is 1570. The van der Waals surface area contributed by atoms with E-state index in [-0.39, 0.29) is 22.9 Å². The number of nitrogen functional groups attached to an aromatic ring is 2. The van der Waals surface area contributed by atoms with E-state index in [0.29, 0.717) is 38.0 Å². The molecule has 0 bridgehead atoms. The van der Waals surface area contributed by atoms with Gasteiger partial charge in [-0.2, -0.15) is 5.10 Å². The molecule has 7 rings (SSSR count). The number of likely N-dealkylation sites (tertiary alicyclic amines) is 1. The fourth-order valence-corrected chi connectivity index (χ4v) is 7.70. The number of benzene rings is 1. The van der Waals surface area contributed by atoms with Crippen LogP contribution in [-0.4, -0.2) is 89.0 Å². The van der Waals surface area contributed by atoms with E-state index in [2.05, 4.69) is 37.3 Å². The quantitative estimate of drug-likeness (QED) is 0.303. The monoisotopic (exact) mass is 628 g/mol. The van der Waals surface area contributed by atoms with Crippen LogP contribution in [0.25, 0.3) is 21.8 Å². The Hall–Kier alpha value is -2.79. The predicted octanol–water partition coefficient (Wildman–Crippen LogP) is 5.12. The minimum Gasteiger partial charge on any atom is -0.398 e. The zero-order chi connectivity index (χ0) is 30.7. The smallest absolute Gasteiger partial charge is 0.245 e. The molecule has 4 N–H and O–H groups in total. The fourth-order valence-electron chi connectivity index (χ4n) is 7.25. The van der Waals surface area contributed by atoms with Gasteiger partial charge >= 0.3 is 0 Å². The second-order valence-electron chi connectivity index (χ2n) is 13.3. The molecule has 3 aromatic rings. The van der Waals surface area contributed by atoms with Crippen LogP contribution in [-0.2, 0) is 9.53 Å². The van der Waals surface area contributed by atoms with Crippen LogP contribution in [0.5, 0.6) is 0 Å². The SMILES string of the molecule is C=CC(=O)N1CC2(CC(n3nc(N4CCCCC4(C)C)c4c5c(Cl)c(Cl)cc(N)c5c(N)nc43)C2)C1.CN1CCOCC1. The van der Waals surface area contributed by atoms with Crippen LogP contribution in [0.1, 0.15) is 52.0 Å². The van der Waals surface area contributed by atoms with E-state index in [1.807, 2.05) is 9.58 Å². The van der Waals surface area contributed by atoms with Crippen molar-refractivity contribution in [1.82, 2.24) is 24.6 Å². The number of amides is 1. The largest absolute Gasteiger partial charge is 0.398 e. The first-order chi connectivity index (χ1) is 20.4. The molecule has 43 heavy (non-hydrogen) atoms. The van der Waals surface area contributed by atoms with Crippen LogP contribution in [0.15, 0.2) is 18.7 Å². The van der Waals surface area contributed by atoms with E-state index in [4.69, 9.17) is 49.5 Å². The van der Waals surface area contributed by atoms with E-state index < -0.39 is 0 Å². The first-order valence-corrected chi connectivity index (χ1v) is 15.9. The second kappa shape index (κ2) is 11.3. The molecule has 2 aromatic heterocycles. The molecule has 0 radical (unpaired) electrons. The molecule has 1 amide bonds. The summed E-state index contributed by atoms with van der Waals surface area (Å²) in [6.45, 7) is 14.5. The van der Waals surface area contributed by atoms with E-state index in [1.54, 1.807) is 6.07 Å². The molecule has 1 saturated carbocycles. The van der Waals surface area contributed by atoms with Crippen molar-refractivity contribution in [3.8, 4) is 0 Å². The third-order valence-electron chi connectivity index (χ3n) is 9.71. The van der Waals surface area contributed by atoms with Crippen molar-refractivity contribution in [2.24, 2.45) is 5.41 Å². The Morgan fingerprint density at radius 1 is 1.09 bits per heavy atom. The molecule has 5 heterocycles. The topological polar surface area (TPSA) is 119 Å². The van der Waals surface area contributed by atoms with Crippen molar-refractivity contribution in [3.63, 3.8) is 0 Å². The van der Waals surface area contributed by atoms with E-state index in [0.717, 1.165) is 82.8 Å². The number of fused-ring (bicyclic) bond motifs is 3. The lowest BCUT2D eigenvalue weighted by Crippen LogP contribution is -2.63. The first kappa shape index (κ1) is 30.2. The molecule has 1 spiro atoms. The molecule has 12 heteroatoms. The van der Waals surface area contributed by atoms with Gasteiger partial charge in [0.25, 0.3) is 0 Å². The van der Waals surface area contributed by atoms with Gasteiger partial charge in [-0.05, 0) is 65.1 Å². The van der Waals surface area contributed by atoms with Gasteiger partial charge < -0.3 is 30.9 Å². The Morgan fingerprint density at radius 2 is 1.79 bits per heavy atom. The first-order valence-electron chi connectivity index (χ1n) is 15.1. The molecule has 10 nitrogen and oxygen atoms in total. The lowest BCUT2D eigenvalue weighted by atomic mass is 9.60. The normalized spacial score (nSPS) is 21.8. The fraction of sp³-hybridized carbons (Fsp3) is 0.581. The number of hydrogen-bond donors (Lipinski definition) is 2. The summed E-state index contributed by atoms with van der Waals surface area (Å²) in [5, 5.41) is 8.19. The summed E-state index contributed by atoms with van der Waals surface area (Å²) in [4.78, 5) is 23.3. The third kappa shape index (κ3) is 5.30. The van der Waals surface area contributed by atoms with Crippen molar-refractivity contribution >= 4 is 68.2 Å². The number of carbonyl (C=O) groups is 1. The molecule has 4 aliphatic rings. The number of aromatic nitrogens is 3. The minimum absolute atomic E-state index is 0.00625. The van der Waals surface area contributed by atoms with Crippen molar-refractivity contribution in [1.29, 1.82) is 0 Å². The number of nitrogens with two attached hydrogens (primary N) is 2. The van der Waals surface area contributed by atoms with Gasteiger partial charge in [0.05, 0.1) is 34.7 Å². The highest BCUT2D eigenvalue weighted by Crippen LogP contribution is 2.55. The summed E-state index contributed by atoms with van der Waals surface area (Å²) < 4.78 is 7.13. The van der Waals surface area contributed by atoms with Gasteiger partial charge in [-0.25, -0.2) is 9.67 Å². The van der Waals surface area contributed by atoms with Gasteiger partial charge in [-0.3, -0.25) is 4.79 Å². The van der Waals surface area contributed by atoms with Gasteiger partial charge in [-0.15, -0.1) is 0 Å². The number of pyridine rings is 1. The third-order valence-corrected chi connectivity index (χ3v) is 10.5. The molecule has 0 atom stereocenters. The van der Waals surface area contributed by atoms with Gasteiger partial charge in [0.15, 0.2) is 11.5 Å². The number of ether oxygens (including phenoxy) is 1. The van der Waals surface area contributed by atoms with E-state index >= 15 is 0 Å². The van der Waals surface area contributed by atoms with Crippen LogP contribution in [0.4, 0.5) is 17.3 Å². The molecule has 232 valence electrons. The summed E-state index contributed by atoms with van der Waals surface area (Å²) in [6, 6.07) is 1.79. The molecule has 3 aliphatic heterocycles. The van der Waals surface area contributed by atoms with Gasteiger partial charge in [0.1, 0.15) is 5.82 Å². The highest BCUT2D eigenvalue weighted by Gasteiger charge is 2.54. The Kier molecular flexibility index (Phi) is 7.94. The number of rotatable bonds is 3. The molecular weight excluding hydrogens is 587 g/mol. The Balaban J connectivity index is 0.000000415. The molecular formula is C31H42Cl2N8O2. The van der Waals surface area contributed by atoms with Crippen LogP contribution < -0.4 is 16.4 Å². The number of anilines is 3. The number of morpholine rings is 1. The Labute approximate surface area is 262 Å². The average Bonchev–Trinajstić information content (AvgIpc) is 3.28. The van der Waals surface area contributed by atoms with Crippen LogP contribution in [0, 0.1) is 5.41 Å². The maximum Gasteiger partial charge on any atom is 0.245 e. The Morgan fingerprint density at radius 3 is 2.40 bits per heavy atom. The summed E-state index contributed by atoms with van der Waals surface area (Å²) in [6.07, 6.45) is 6.58. The van der Waals surface area contributed by atoms with Crippen LogP contribution in [0.3, 0.4) is 0 Å². The minimum atomic E-state index is -0.0744. The van der Waals surface area contributed by atoms with Crippen LogP contribution in [0.2, 0.25) is 10.0 Å². The van der Waals surface area contributed by atoms with Crippen LogP contribution >= 0.6 is 23.2 Å². The number of carbonyl (C=O) groups excluding carboxylic acids is 1. The molecule has 1 aliphatic carbocycles. The molecule has 0 unspecified atom stereocenters. The number of nitrogens with zero attached hydrogens (tertiary/aromatic N) is 6. The van der Waals surface area contributed by atoms with Crippen molar-refractivity contribution in [2.45, 2.75) is 57.5 Å². The van der Waals surface area contributed by atoms with Crippen molar-refractivity contribution < 1.29 is 9.53 Å². The zero-order valence-electron chi connectivity index (χ0n) is 25.3. The van der Waals surface area contributed by atoms with E-state index in [9.17, 15) is 4.79 Å².